The van der Waals surface area contributed by atoms with E-state index in [2.05, 4.69) is 0 Å². The maximum Gasteiger partial charge on any atom is 0.460 e. The smallest absolute Gasteiger partial charge is 0.353 e. The molecule has 2 saturated heterocycles. The highest BCUT2D eigenvalue weighted by molar-refractivity contribution is 8.33. The molecule has 0 radical (unpaired) electrons. The lowest BCUT2D eigenvalue weighted by molar-refractivity contribution is -0.382. The van der Waals surface area contributed by atoms with Crippen molar-refractivity contribution in [3.8, 4) is 0 Å². The molecule has 220 valence electrons. The van der Waals surface area contributed by atoms with E-state index in [0.29, 0.717) is 23.8 Å². The summed E-state index contributed by atoms with van der Waals surface area (Å²) in [5.74, 6) is -15.5. The molecular formula is C23H23F9O5S2. The average Bonchev–Trinajstić information content (AvgIpc) is 3.25. The summed E-state index contributed by atoms with van der Waals surface area (Å²) in [5, 5.41) is -6.16. The number of ether oxygens (including phenoxy) is 2. The molecular weight excluding hydrogens is 591 g/mol. The van der Waals surface area contributed by atoms with Gasteiger partial charge < -0.3 is 9.47 Å². The molecule has 16 heteroatoms. The Morgan fingerprint density at radius 2 is 1.51 bits per heavy atom. The number of hydrogen-bond donors (Lipinski definition) is 0. The second-order valence-corrected chi connectivity index (χ2v) is 14.0. The third-order valence-electron chi connectivity index (χ3n) is 6.51. The standard InChI is InChI=1S/C23H23F9O5S2/c24-20(25,22(28,29)30)21(26,27)23(31,32)39(33,34)37-38(18-9-5-7-15-6-1-2-8-17(15)18)13-11-16(14-38)36-19-10-3-4-12-35-19/h1-2,5-9,16,19H,3-4,10-14H2. The maximum absolute atomic E-state index is 14.6. The van der Waals surface area contributed by atoms with Crippen LogP contribution in [0.3, 0.4) is 0 Å². The van der Waals surface area contributed by atoms with Crippen molar-refractivity contribution in [1.82, 2.24) is 0 Å². The molecule has 2 aliphatic heterocycles. The number of fused-ring (bicyclic) bond motifs is 1. The van der Waals surface area contributed by atoms with E-state index in [1.165, 1.54) is 24.3 Å². The Morgan fingerprint density at radius 1 is 0.846 bits per heavy atom. The van der Waals surface area contributed by atoms with Gasteiger partial charge in [0.05, 0.1) is 6.10 Å². The van der Waals surface area contributed by atoms with Crippen LogP contribution < -0.4 is 0 Å². The van der Waals surface area contributed by atoms with Crippen molar-refractivity contribution in [3.05, 3.63) is 42.5 Å². The number of alkyl halides is 9. The Labute approximate surface area is 219 Å². The fourth-order valence-corrected chi connectivity index (χ4v) is 10.4. The van der Waals surface area contributed by atoms with Gasteiger partial charge in [0, 0.05) is 23.0 Å². The molecule has 5 nitrogen and oxygen atoms in total. The number of benzene rings is 2. The normalized spacial score (nSPS) is 27.4. The van der Waals surface area contributed by atoms with Crippen LogP contribution in [0.4, 0.5) is 39.5 Å². The van der Waals surface area contributed by atoms with Gasteiger partial charge in [-0.15, -0.1) is 0 Å². The minimum Gasteiger partial charge on any atom is -0.353 e. The molecule has 39 heavy (non-hydrogen) atoms. The van der Waals surface area contributed by atoms with Gasteiger partial charge in [-0.2, -0.15) is 47.9 Å². The highest BCUT2D eigenvalue weighted by atomic mass is 32.3. The summed E-state index contributed by atoms with van der Waals surface area (Å²) in [7, 11) is -10.6. The zero-order chi connectivity index (χ0) is 28.9. The highest BCUT2D eigenvalue weighted by Crippen LogP contribution is 2.66. The lowest BCUT2D eigenvalue weighted by Gasteiger charge is -2.39. The predicted octanol–water partition coefficient (Wildman–Crippen LogP) is 7.01. The van der Waals surface area contributed by atoms with Crippen LogP contribution in [0.5, 0.6) is 0 Å². The Kier molecular flexibility index (Phi) is 7.95. The van der Waals surface area contributed by atoms with Crippen LogP contribution in [-0.2, 0) is 23.2 Å². The lowest BCUT2D eigenvalue weighted by atomic mass is 10.1. The fraction of sp³-hybridized carbons (Fsp3) is 0.565. The average molecular weight is 615 g/mol. The van der Waals surface area contributed by atoms with E-state index < -0.39 is 61.8 Å². The van der Waals surface area contributed by atoms with Crippen molar-refractivity contribution >= 4 is 31.2 Å². The molecule has 3 unspecified atom stereocenters. The molecule has 3 atom stereocenters. The molecule has 0 saturated carbocycles. The summed E-state index contributed by atoms with van der Waals surface area (Å²) in [6, 6.07) is 10.5. The number of halogens is 9. The van der Waals surface area contributed by atoms with Crippen molar-refractivity contribution in [2.45, 2.75) is 66.2 Å². The van der Waals surface area contributed by atoms with Crippen LogP contribution in [-0.4, -0.2) is 62.2 Å². The maximum atomic E-state index is 14.6. The summed E-state index contributed by atoms with van der Waals surface area (Å²) in [5.41, 5.74) is 0. The third kappa shape index (κ3) is 5.22. The SMILES string of the molecule is O=S(=O)(OS1(c2cccc3ccccc23)CCC(OC2CCCCO2)C1)C(F)(F)C(F)(F)C(F)(F)C(F)(F)F. The Hall–Kier alpha value is -1.75. The fourth-order valence-electron chi connectivity index (χ4n) is 4.48. The van der Waals surface area contributed by atoms with Crippen molar-refractivity contribution in [3.63, 3.8) is 0 Å². The van der Waals surface area contributed by atoms with E-state index in [4.69, 9.17) is 13.1 Å². The van der Waals surface area contributed by atoms with Crippen molar-refractivity contribution < 1.29 is 61.0 Å². The molecule has 2 fully saturated rings. The highest BCUT2D eigenvalue weighted by Gasteiger charge is 2.86. The van der Waals surface area contributed by atoms with Gasteiger partial charge >= 0.3 is 33.4 Å². The summed E-state index contributed by atoms with van der Waals surface area (Å²) in [6.07, 6.45) is -6.76. The van der Waals surface area contributed by atoms with Crippen LogP contribution >= 0.6 is 10.3 Å². The van der Waals surface area contributed by atoms with Gasteiger partial charge in [0.1, 0.15) is 0 Å². The summed E-state index contributed by atoms with van der Waals surface area (Å²) < 4.78 is 164. The lowest BCUT2D eigenvalue weighted by Crippen LogP contribution is -2.63. The molecule has 0 bridgehead atoms. The Balaban J connectivity index is 1.76. The number of rotatable bonds is 8. The quantitative estimate of drug-likeness (QED) is 0.300. The van der Waals surface area contributed by atoms with Crippen LogP contribution in [0.15, 0.2) is 47.4 Å². The first-order valence-corrected chi connectivity index (χ1v) is 14.9. The van der Waals surface area contributed by atoms with Gasteiger partial charge in [0.25, 0.3) is 0 Å². The van der Waals surface area contributed by atoms with E-state index in [-0.39, 0.29) is 17.1 Å². The molecule has 4 rings (SSSR count). The minimum atomic E-state index is -7.39. The van der Waals surface area contributed by atoms with E-state index in [1.807, 2.05) is 0 Å². The van der Waals surface area contributed by atoms with E-state index in [0.717, 1.165) is 12.8 Å². The van der Waals surface area contributed by atoms with Crippen molar-refractivity contribution in [2.24, 2.45) is 0 Å². The van der Waals surface area contributed by atoms with Gasteiger partial charge in [0.2, 0.25) is 0 Å². The summed E-state index contributed by atoms with van der Waals surface area (Å²) >= 11 is 0. The molecule has 0 aliphatic carbocycles. The second-order valence-electron chi connectivity index (χ2n) is 9.19. The van der Waals surface area contributed by atoms with Crippen molar-refractivity contribution in [1.29, 1.82) is 0 Å². The summed E-state index contributed by atoms with van der Waals surface area (Å²) in [4.78, 5) is 0.0153. The Morgan fingerprint density at radius 3 is 2.15 bits per heavy atom. The third-order valence-corrected chi connectivity index (χ3v) is 12.1. The van der Waals surface area contributed by atoms with Gasteiger partial charge in [-0.3, -0.25) is 0 Å². The van der Waals surface area contributed by atoms with Gasteiger partial charge in [-0.25, -0.2) is 3.63 Å². The molecule has 2 aromatic carbocycles. The van der Waals surface area contributed by atoms with Crippen molar-refractivity contribution in [2.75, 3.05) is 18.1 Å². The van der Waals surface area contributed by atoms with Crippen LogP contribution in [0.25, 0.3) is 10.8 Å². The zero-order valence-corrected chi connectivity index (χ0v) is 21.5. The van der Waals surface area contributed by atoms with Gasteiger partial charge in [-0.1, -0.05) is 46.7 Å². The molecule has 0 spiro atoms. The molecule has 0 N–H and O–H groups in total. The largest absolute Gasteiger partial charge is 0.460 e. The van der Waals surface area contributed by atoms with E-state index in [9.17, 15) is 47.9 Å². The van der Waals surface area contributed by atoms with Crippen LogP contribution in [0.2, 0.25) is 0 Å². The van der Waals surface area contributed by atoms with Crippen LogP contribution in [0, 0.1) is 0 Å². The Bertz CT molecular complexity index is 1290. The topological polar surface area (TPSA) is 61.8 Å². The predicted molar refractivity (Wildman–Crippen MR) is 124 cm³/mol. The monoisotopic (exact) mass is 614 g/mol. The number of hydrogen-bond acceptors (Lipinski definition) is 5. The molecule has 2 heterocycles. The molecule has 2 aliphatic rings. The summed E-state index contributed by atoms with van der Waals surface area (Å²) in [6.45, 7) is 0.373. The second kappa shape index (κ2) is 10.3. The van der Waals surface area contributed by atoms with Gasteiger partial charge in [-0.05, 0) is 42.5 Å². The molecule has 0 aromatic heterocycles. The molecule has 0 amide bonds. The van der Waals surface area contributed by atoms with E-state index >= 15 is 0 Å². The zero-order valence-electron chi connectivity index (χ0n) is 19.9. The molecule has 2 aromatic rings. The minimum absolute atomic E-state index is 0.00535. The first-order chi connectivity index (χ1) is 18.0. The van der Waals surface area contributed by atoms with Crippen LogP contribution in [0.1, 0.15) is 25.7 Å². The van der Waals surface area contributed by atoms with E-state index in [1.54, 1.807) is 18.2 Å². The first kappa shape index (κ1) is 30.2. The van der Waals surface area contributed by atoms with Gasteiger partial charge in [0.15, 0.2) is 6.29 Å². The first-order valence-electron chi connectivity index (χ1n) is 11.6.